The maximum absolute atomic E-state index is 12.4. The van der Waals surface area contributed by atoms with Crippen LogP contribution in [0.15, 0.2) is 76.2 Å². The van der Waals surface area contributed by atoms with Gasteiger partial charge in [-0.3, -0.25) is 4.79 Å². The number of furan rings is 1. The SMILES string of the molecule is CN(C)Cc1ccc(CNC(=O)c2ccc(S(=O)(=O)NCc3ccco3)cc2)cc1. The number of amides is 1. The Hall–Kier alpha value is -2.94. The Bertz CT molecular complexity index is 1060. The van der Waals surface area contributed by atoms with Crippen LogP contribution in [0.25, 0.3) is 0 Å². The number of rotatable bonds is 9. The number of sulfonamides is 1. The first-order valence-electron chi connectivity index (χ1n) is 9.46. The summed E-state index contributed by atoms with van der Waals surface area (Å²) >= 11 is 0. The van der Waals surface area contributed by atoms with E-state index in [-0.39, 0.29) is 17.3 Å². The summed E-state index contributed by atoms with van der Waals surface area (Å²) in [6.07, 6.45) is 1.48. The molecule has 0 bridgehead atoms. The van der Waals surface area contributed by atoms with Gasteiger partial charge >= 0.3 is 0 Å². The topological polar surface area (TPSA) is 91.7 Å². The Morgan fingerprint density at radius 2 is 1.60 bits per heavy atom. The van der Waals surface area contributed by atoms with E-state index in [9.17, 15) is 13.2 Å². The average molecular weight is 428 g/mol. The molecule has 0 fully saturated rings. The average Bonchev–Trinajstić information content (AvgIpc) is 3.25. The largest absolute Gasteiger partial charge is 0.468 e. The van der Waals surface area contributed by atoms with Crippen molar-refractivity contribution >= 4 is 15.9 Å². The zero-order chi connectivity index (χ0) is 21.6. The van der Waals surface area contributed by atoms with E-state index in [1.807, 2.05) is 38.4 Å². The van der Waals surface area contributed by atoms with Crippen molar-refractivity contribution in [1.29, 1.82) is 0 Å². The lowest BCUT2D eigenvalue weighted by Crippen LogP contribution is -2.24. The van der Waals surface area contributed by atoms with Gasteiger partial charge in [0.15, 0.2) is 0 Å². The van der Waals surface area contributed by atoms with Crippen molar-refractivity contribution < 1.29 is 17.6 Å². The molecule has 0 aliphatic heterocycles. The lowest BCUT2D eigenvalue weighted by atomic mass is 10.1. The van der Waals surface area contributed by atoms with Gasteiger partial charge < -0.3 is 14.6 Å². The van der Waals surface area contributed by atoms with Crippen LogP contribution in [0, 0.1) is 0 Å². The maximum atomic E-state index is 12.4. The highest BCUT2D eigenvalue weighted by molar-refractivity contribution is 7.89. The third-order valence-electron chi connectivity index (χ3n) is 4.42. The van der Waals surface area contributed by atoms with Crippen LogP contribution in [0.3, 0.4) is 0 Å². The summed E-state index contributed by atoms with van der Waals surface area (Å²) in [5.74, 6) is 0.254. The molecular weight excluding hydrogens is 402 g/mol. The van der Waals surface area contributed by atoms with Crippen LogP contribution in [0.5, 0.6) is 0 Å². The van der Waals surface area contributed by atoms with Gasteiger partial charge in [0.05, 0.1) is 17.7 Å². The Morgan fingerprint density at radius 1 is 0.933 bits per heavy atom. The molecule has 8 heteroatoms. The molecule has 2 aromatic carbocycles. The summed E-state index contributed by atoms with van der Waals surface area (Å²) in [6, 6.07) is 17.2. The summed E-state index contributed by atoms with van der Waals surface area (Å²) in [7, 11) is 0.335. The monoisotopic (exact) mass is 427 g/mol. The fraction of sp³-hybridized carbons (Fsp3) is 0.227. The molecule has 0 unspecified atom stereocenters. The van der Waals surface area contributed by atoms with Crippen molar-refractivity contribution in [1.82, 2.24) is 14.9 Å². The third kappa shape index (κ3) is 6.03. The molecule has 0 atom stereocenters. The molecule has 7 nitrogen and oxygen atoms in total. The summed E-state index contributed by atoms with van der Waals surface area (Å²) in [4.78, 5) is 14.6. The second-order valence-electron chi connectivity index (χ2n) is 7.17. The van der Waals surface area contributed by atoms with E-state index in [0.717, 1.165) is 12.1 Å². The molecule has 3 aromatic rings. The molecule has 0 aliphatic rings. The maximum Gasteiger partial charge on any atom is 0.251 e. The minimum Gasteiger partial charge on any atom is -0.468 e. The van der Waals surface area contributed by atoms with E-state index in [0.29, 0.717) is 17.9 Å². The van der Waals surface area contributed by atoms with Gasteiger partial charge in [-0.15, -0.1) is 0 Å². The van der Waals surface area contributed by atoms with E-state index >= 15 is 0 Å². The molecule has 30 heavy (non-hydrogen) atoms. The second-order valence-corrected chi connectivity index (χ2v) is 8.93. The van der Waals surface area contributed by atoms with Gasteiger partial charge in [-0.05, 0) is 61.6 Å². The number of carbonyl (C=O) groups excluding carboxylic acids is 1. The molecule has 0 saturated carbocycles. The van der Waals surface area contributed by atoms with Gasteiger partial charge in [0, 0.05) is 18.7 Å². The van der Waals surface area contributed by atoms with Gasteiger partial charge in [-0.2, -0.15) is 0 Å². The van der Waals surface area contributed by atoms with Crippen LogP contribution in [-0.4, -0.2) is 33.3 Å². The van der Waals surface area contributed by atoms with Crippen LogP contribution in [0.1, 0.15) is 27.2 Å². The van der Waals surface area contributed by atoms with Gasteiger partial charge in [-0.25, -0.2) is 13.1 Å². The van der Waals surface area contributed by atoms with Crippen LogP contribution in [-0.2, 0) is 29.7 Å². The standard InChI is InChI=1S/C22H25N3O4S/c1-25(2)16-18-7-5-17(6-8-18)14-23-22(26)19-9-11-21(12-10-19)30(27,28)24-15-20-4-3-13-29-20/h3-13,24H,14-16H2,1-2H3,(H,23,26). The van der Waals surface area contributed by atoms with E-state index in [1.165, 1.54) is 36.1 Å². The number of benzene rings is 2. The van der Waals surface area contributed by atoms with E-state index in [1.54, 1.807) is 12.1 Å². The normalized spacial score (nSPS) is 11.6. The molecule has 0 aliphatic carbocycles. The van der Waals surface area contributed by atoms with Crippen molar-refractivity contribution in [3.8, 4) is 0 Å². The minimum absolute atomic E-state index is 0.0604. The Kier molecular flexibility index (Phi) is 7.04. The summed E-state index contributed by atoms with van der Waals surface area (Å²) in [6.45, 7) is 1.31. The smallest absolute Gasteiger partial charge is 0.251 e. The zero-order valence-electron chi connectivity index (χ0n) is 17.0. The molecule has 1 aromatic heterocycles. The molecule has 1 amide bonds. The van der Waals surface area contributed by atoms with Gasteiger partial charge in [0.1, 0.15) is 5.76 Å². The van der Waals surface area contributed by atoms with E-state index in [4.69, 9.17) is 4.42 Å². The summed E-state index contributed by atoms with van der Waals surface area (Å²) in [5, 5.41) is 2.85. The van der Waals surface area contributed by atoms with Crippen molar-refractivity contribution in [2.75, 3.05) is 14.1 Å². The summed E-state index contributed by atoms with van der Waals surface area (Å²) < 4.78 is 32.3. The van der Waals surface area contributed by atoms with Crippen LogP contribution in [0.2, 0.25) is 0 Å². The van der Waals surface area contributed by atoms with Crippen LogP contribution < -0.4 is 10.0 Å². The number of nitrogens with zero attached hydrogens (tertiary/aromatic N) is 1. The molecular formula is C22H25N3O4S. The first kappa shape index (κ1) is 21.8. The lowest BCUT2D eigenvalue weighted by molar-refractivity contribution is 0.0951. The van der Waals surface area contributed by atoms with E-state index < -0.39 is 10.0 Å². The first-order valence-corrected chi connectivity index (χ1v) is 10.9. The highest BCUT2D eigenvalue weighted by atomic mass is 32.2. The Labute approximate surface area is 176 Å². The minimum atomic E-state index is -3.69. The Balaban J connectivity index is 1.55. The summed E-state index contributed by atoms with van der Waals surface area (Å²) in [5.41, 5.74) is 2.59. The highest BCUT2D eigenvalue weighted by Gasteiger charge is 2.15. The lowest BCUT2D eigenvalue weighted by Gasteiger charge is -2.11. The quantitative estimate of drug-likeness (QED) is 0.548. The van der Waals surface area contributed by atoms with Gasteiger partial charge in [-0.1, -0.05) is 24.3 Å². The van der Waals surface area contributed by atoms with Crippen molar-refractivity contribution in [2.45, 2.75) is 24.5 Å². The third-order valence-corrected chi connectivity index (χ3v) is 5.84. The number of hydrogen-bond acceptors (Lipinski definition) is 5. The fourth-order valence-electron chi connectivity index (χ4n) is 2.86. The van der Waals surface area contributed by atoms with Crippen LogP contribution >= 0.6 is 0 Å². The molecule has 0 radical (unpaired) electrons. The van der Waals surface area contributed by atoms with Crippen molar-refractivity contribution in [3.63, 3.8) is 0 Å². The van der Waals surface area contributed by atoms with Gasteiger partial charge in [0.2, 0.25) is 10.0 Å². The second kappa shape index (κ2) is 9.71. The molecule has 3 rings (SSSR count). The molecule has 0 saturated heterocycles. The molecule has 0 spiro atoms. The predicted molar refractivity (Wildman–Crippen MR) is 114 cm³/mol. The van der Waals surface area contributed by atoms with E-state index in [2.05, 4.69) is 14.9 Å². The fourth-order valence-corrected chi connectivity index (χ4v) is 3.85. The number of hydrogen-bond donors (Lipinski definition) is 2. The van der Waals surface area contributed by atoms with Crippen molar-refractivity contribution in [2.24, 2.45) is 0 Å². The van der Waals surface area contributed by atoms with Gasteiger partial charge in [0.25, 0.3) is 5.91 Å². The van der Waals surface area contributed by atoms with Crippen LogP contribution in [0.4, 0.5) is 0 Å². The van der Waals surface area contributed by atoms with Crippen molar-refractivity contribution in [3.05, 3.63) is 89.4 Å². The molecule has 2 N–H and O–H groups in total. The Morgan fingerprint density at radius 3 is 2.20 bits per heavy atom. The first-order chi connectivity index (χ1) is 14.3. The molecule has 1 heterocycles. The molecule has 158 valence electrons. The highest BCUT2D eigenvalue weighted by Crippen LogP contribution is 2.12. The predicted octanol–water partition coefficient (Wildman–Crippen LogP) is 2.75. The number of nitrogens with one attached hydrogen (secondary N) is 2. The number of carbonyl (C=O) groups is 1. The zero-order valence-corrected chi connectivity index (χ0v) is 17.8.